The number of ether oxygens (including phenoxy) is 1. The van der Waals surface area contributed by atoms with Crippen molar-refractivity contribution >= 4 is 5.78 Å². The summed E-state index contributed by atoms with van der Waals surface area (Å²) in [4.78, 5) is 12.5. The van der Waals surface area contributed by atoms with Gasteiger partial charge in [-0.1, -0.05) is 30.3 Å². The smallest absolute Gasteiger partial charge is 0.164 e. The number of aromatic nitrogens is 3. The minimum absolute atomic E-state index is 0.122. The molecule has 1 aliphatic heterocycles. The van der Waals surface area contributed by atoms with Crippen molar-refractivity contribution in [2.45, 2.75) is 37.7 Å². The van der Waals surface area contributed by atoms with Gasteiger partial charge in [0, 0.05) is 25.6 Å². The van der Waals surface area contributed by atoms with E-state index in [1.165, 1.54) is 0 Å². The average molecular weight is 324 g/mol. The van der Waals surface area contributed by atoms with E-state index in [1.807, 2.05) is 30.3 Å². The van der Waals surface area contributed by atoms with Crippen molar-refractivity contribution in [1.82, 2.24) is 14.8 Å². The molecule has 6 heteroatoms. The first kappa shape index (κ1) is 16.3. The Labute approximate surface area is 141 Å². The number of rotatable bonds is 6. The maximum atomic E-state index is 12.5. The summed E-state index contributed by atoms with van der Waals surface area (Å²) in [6, 6.07) is 11.7. The molecule has 1 aromatic heterocycles. The predicted octanol–water partition coefficient (Wildman–Crippen LogP) is 2.62. The fourth-order valence-electron chi connectivity index (χ4n) is 3.02. The molecule has 1 fully saturated rings. The van der Waals surface area contributed by atoms with Crippen LogP contribution < -0.4 is 0 Å². The van der Waals surface area contributed by atoms with E-state index in [4.69, 9.17) is 4.74 Å². The largest absolute Gasteiger partial charge is 0.378 e. The first-order valence-corrected chi connectivity index (χ1v) is 8.19. The molecule has 1 aliphatic rings. The predicted molar refractivity (Wildman–Crippen MR) is 88.0 cm³/mol. The van der Waals surface area contributed by atoms with E-state index in [0.717, 1.165) is 25.0 Å². The Morgan fingerprint density at radius 1 is 1.42 bits per heavy atom. The van der Waals surface area contributed by atoms with Gasteiger partial charge in [-0.3, -0.25) is 4.79 Å². The lowest BCUT2D eigenvalue weighted by Gasteiger charge is -2.11. The maximum absolute atomic E-state index is 12.5. The molecule has 0 saturated carbocycles. The molecular weight excluding hydrogens is 304 g/mol. The van der Waals surface area contributed by atoms with Gasteiger partial charge in [0.1, 0.15) is 0 Å². The van der Waals surface area contributed by atoms with Crippen molar-refractivity contribution in [3.05, 3.63) is 36.2 Å². The number of ketones is 1. The van der Waals surface area contributed by atoms with Crippen LogP contribution in [-0.4, -0.2) is 33.3 Å². The summed E-state index contributed by atoms with van der Waals surface area (Å²) in [6.07, 6.45) is 3.18. The van der Waals surface area contributed by atoms with Crippen LogP contribution in [0.2, 0.25) is 0 Å². The molecule has 0 aliphatic carbocycles. The van der Waals surface area contributed by atoms with Crippen molar-refractivity contribution < 1.29 is 9.53 Å². The minimum atomic E-state index is -0.888. The van der Waals surface area contributed by atoms with Gasteiger partial charge in [-0.25, -0.2) is 0 Å². The molecule has 3 rings (SSSR count). The zero-order chi connectivity index (χ0) is 16.9. The zero-order valence-electron chi connectivity index (χ0n) is 13.7. The lowest BCUT2D eigenvalue weighted by Crippen LogP contribution is -2.17. The average Bonchev–Trinajstić information content (AvgIpc) is 3.25. The number of Topliss-reactive ketones (excluding diaryl/α,β-unsaturated/α-hetero) is 1. The number of hydrogen-bond acceptors (Lipinski definition) is 5. The van der Waals surface area contributed by atoms with Crippen molar-refractivity contribution in [2.75, 3.05) is 6.61 Å². The molecule has 2 heterocycles. The highest BCUT2D eigenvalue weighted by Gasteiger charge is 2.27. The fourth-order valence-corrected chi connectivity index (χ4v) is 3.02. The highest BCUT2D eigenvalue weighted by atomic mass is 16.5. The maximum Gasteiger partial charge on any atom is 0.164 e. The second-order valence-electron chi connectivity index (χ2n) is 6.01. The van der Waals surface area contributed by atoms with Crippen molar-refractivity contribution in [1.29, 1.82) is 5.26 Å². The highest BCUT2D eigenvalue weighted by Crippen LogP contribution is 2.24. The standard InChI is InChI=1S/C18H20N4O2/c1-22-17(13-6-3-2-4-7-13)20-21-18(22)15(12-19)16(23)10-9-14-8-5-11-24-14/h2-4,6-7,14-15H,5,8-11H2,1H3. The number of carbonyl (C=O) groups is 1. The summed E-state index contributed by atoms with van der Waals surface area (Å²) in [7, 11) is 1.79. The van der Waals surface area contributed by atoms with Crippen molar-refractivity contribution in [2.24, 2.45) is 7.05 Å². The summed E-state index contributed by atoms with van der Waals surface area (Å²) in [6.45, 7) is 0.768. The van der Waals surface area contributed by atoms with E-state index < -0.39 is 5.92 Å². The molecule has 2 atom stereocenters. The molecular formula is C18H20N4O2. The van der Waals surface area contributed by atoms with Gasteiger partial charge in [0.2, 0.25) is 0 Å². The lowest BCUT2D eigenvalue weighted by atomic mass is 9.98. The van der Waals surface area contributed by atoms with Crippen LogP contribution in [0.1, 0.15) is 37.4 Å². The van der Waals surface area contributed by atoms with Crippen LogP contribution in [0.4, 0.5) is 0 Å². The van der Waals surface area contributed by atoms with Crippen LogP contribution in [0.15, 0.2) is 30.3 Å². The molecule has 2 aromatic rings. The van der Waals surface area contributed by atoms with Gasteiger partial charge in [0.25, 0.3) is 0 Å². The molecule has 2 unspecified atom stereocenters. The van der Waals surface area contributed by atoms with Crippen molar-refractivity contribution in [3.8, 4) is 17.5 Å². The second-order valence-corrected chi connectivity index (χ2v) is 6.01. The molecule has 1 aromatic carbocycles. The Hall–Kier alpha value is -2.52. The number of nitrogens with zero attached hydrogens (tertiary/aromatic N) is 4. The summed E-state index contributed by atoms with van der Waals surface area (Å²) in [5.74, 6) is 0.0379. The Bertz CT molecular complexity index is 742. The van der Waals surface area contributed by atoms with E-state index in [9.17, 15) is 10.1 Å². The molecule has 0 amide bonds. The zero-order valence-corrected chi connectivity index (χ0v) is 13.7. The third-order valence-corrected chi connectivity index (χ3v) is 4.39. The van der Waals surface area contributed by atoms with Gasteiger partial charge in [-0.15, -0.1) is 10.2 Å². The summed E-state index contributed by atoms with van der Waals surface area (Å²) in [5.41, 5.74) is 0.905. The Morgan fingerprint density at radius 2 is 2.21 bits per heavy atom. The van der Waals surface area contributed by atoms with Gasteiger partial charge in [-0.05, 0) is 19.3 Å². The summed E-state index contributed by atoms with van der Waals surface area (Å²) >= 11 is 0. The quantitative estimate of drug-likeness (QED) is 0.816. The molecule has 124 valence electrons. The van der Waals surface area contributed by atoms with Crippen LogP contribution >= 0.6 is 0 Å². The van der Waals surface area contributed by atoms with Crippen LogP contribution in [0, 0.1) is 11.3 Å². The van der Waals surface area contributed by atoms with Gasteiger partial charge >= 0.3 is 0 Å². The van der Waals surface area contributed by atoms with Crippen LogP contribution in [0.3, 0.4) is 0 Å². The SMILES string of the molecule is Cn1c(-c2ccccc2)nnc1C(C#N)C(=O)CCC1CCCO1. The van der Waals surface area contributed by atoms with Gasteiger partial charge in [0.15, 0.2) is 23.3 Å². The minimum Gasteiger partial charge on any atom is -0.378 e. The first-order valence-electron chi connectivity index (χ1n) is 8.19. The van der Waals surface area contributed by atoms with Crippen LogP contribution in [-0.2, 0) is 16.6 Å². The fraction of sp³-hybridized carbons (Fsp3) is 0.444. The van der Waals surface area contributed by atoms with Crippen LogP contribution in [0.25, 0.3) is 11.4 Å². The molecule has 24 heavy (non-hydrogen) atoms. The van der Waals surface area contributed by atoms with Crippen molar-refractivity contribution in [3.63, 3.8) is 0 Å². The third-order valence-electron chi connectivity index (χ3n) is 4.39. The summed E-state index contributed by atoms with van der Waals surface area (Å²) in [5, 5.41) is 17.7. The van der Waals surface area contributed by atoms with E-state index in [2.05, 4.69) is 16.3 Å². The topological polar surface area (TPSA) is 80.8 Å². The Balaban J connectivity index is 1.75. The molecule has 0 N–H and O–H groups in total. The third kappa shape index (κ3) is 3.36. The second kappa shape index (κ2) is 7.37. The van der Waals surface area contributed by atoms with E-state index >= 15 is 0 Å². The molecule has 0 radical (unpaired) electrons. The van der Waals surface area contributed by atoms with E-state index in [1.54, 1.807) is 11.6 Å². The van der Waals surface area contributed by atoms with E-state index in [-0.39, 0.29) is 11.9 Å². The van der Waals surface area contributed by atoms with Gasteiger partial charge in [-0.2, -0.15) is 5.26 Å². The number of hydrogen-bond donors (Lipinski definition) is 0. The number of nitriles is 1. The number of carbonyl (C=O) groups excluding carboxylic acids is 1. The lowest BCUT2D eigenvalue weighted by molar-refractivity contribution is -0.120. The van der Waals surface area contributed by atoms with Gasteiger partial charge in [0.05, 0.1) is 12.2 Å². The Kier molecular flexibility index (Phi) is 5.02. The summed E-state index contributed by atoms with van der Waals surface area (Å²) < 4.78 is 7.27. The molecule has 6 nitrogen and oxygen atoms in total. The van der Waals surface area contributed by atoms with E-state index in [0.29, 0.717) is 24.5 Å². The Morgan fingerprint density at radius 3 is 2.88 bits per heavy atom. The van der Waals surface area contributed by atoms with Crippen LogP contribution in [0.5, 0.6) is 0 Å². The normalized spacial score (nSPS) is 18.2. The molecule has 0 spiro atoms. The monoisotopic (exact) mass is 324 g/mol. The molecule has 1 saturated heterocycles. The molecule has 0 bridgehead atoms. The first-order chi connectivity index (χ1) is 11.7. The highest BCUT2D eigenvalue weighted by molar-refractivity contribution is 5.87. The van der Waals surface area contributed by atoms with Gasteiger partial charge < -0.3 is 9.30 Å². The number of benzene rings is 1.